The van der Waals surface area contributed by atoms with Crippen LogP contribution in [0.4, 0.5) is 13.2 Å². The van der Waals surface area contributed by atoms with Crippen LogP contribution in [0.1, 0.15) is 22.3 Å². The van der Waals surface area contributed by atoms with Gasteiger partial charge in [-0.1, -0.05) is 133 Å². The van der Waals surface area contributed by atoms with Crippen molar-refractivity contribution in [3.63, 3.8) is 0 Å². The van der Waals surface area contributed by atoms with Gasteiger partial charge in [0.15, 0.2) is 0 Å². The van der Waals surface area contributed by atoms with Crippen LogP contribution in [0.15, 0.2) is 182 Å². The van der Waals surface area contributed by atoms with E-state index in [4.69, 9.17) is 9.97 Å². The van der Waals surface area contributed by atoms with Gasteiger partial charge in [0.1, 0.15) is 5.75 Å². The third-order valence-electron chi connectivity index (χ3n) is 10.2. The average Bonchev–Trinajstić information content (AvgIpc) is 3.28. The summed E-state index contributed by atoms with van der Waals surface area (Å²) in [4.78, 5) is 14.1. The van der Waals surface area contributed by atoms with Gasteiger partial charge < -0.3 is 4.18 Å². The van der Waals surface area contributed by atoms with Crippen LogP contribution in [0, 0.1) is 0 Å². The lowest BCUT2D eigenvalue weighted by Gasteiger charge is -2.15. The summed E-state index contributed by atoms with van der Waals surface area (Å²) in [6.07, 6.45) is 8.88. The molecular weight excluding hydrogens is 780 g/mol. The van der Waals surface area contributed by atoms with Crippen LogP contribution in [-0.2, 0) is 35.8 Å². The van der Waals surface area contributed by atoms with E-state index in [0.29, 0.717) is 11.3 Å². The molecule has 0 atom stereocenters. The van der Waals surface area contributed by atoms with Crippen LogP contribution in [0.25, 0.3) is 56.0 Å². The Morgan fingerprint density at radius 1 is 0.417 bits per heavy atom. The molecule has 0 aliphatic carbocycles. The van der Waals surface area contributed by atoms with Crippen LogP contribution < -0.4 is 4.18 Å². The summed E-state index contributed by atoms with van der Waals surface area (Å²) in [6, 6.07) is 52.6. The Kier molecular flexibility index (Phi) is 11.7. The number of rotatable bonds is 13. The van der Waals surface area contributed by atoms with Crippen molar-refractivity contribution < 1.29 is 25.8 Å². The first kappa shape index (κ1) is 39.9. The molecule has 3 heterocycles. The Hall–Kier alpha value is -6.91. The van der Waals surface area contributed by atoms with Crippen molar-refractivity contribution in [2.24, 2.45) is 0 Å². The number of alkyl halides is 3. The molecule has 5 aromatic carbocycles. The van der Waals surface area contributed by atoms with Crippen molar-refractivity contribution >= 4 is 10.1 Å². The van der Waals surface area contributed by atoms with Crippen molar-refractivity contribution in [3.8, 4) is 61.8 Å². The van der Waals surface area contributed by atoms with Gasteiger partial charge in [-0.05, 0) is 95.0 Å². The minimum absolute atomic E-state index is 0.400. The largest absolute Gasteiger partial charge is 0.534 e. The highest BCUT2D eigenvalue weighted by molar-refractivity contribution is 7.88. The number of pyridine rings is 3. The molecule has 0 bridgehead atoms. The van der Waals surface area contributed by atoms with Gasteiger partial charge >= 0.3 is 15.6 Å². The highest BCUT2D eigenvalue weighted by Crippen LogP contribution is 2.35. The average molecular weight is 818 g/mol. The van der Waals surface area contributed by atoms with E-state index in [0.717, 1.165) is 87.6 Å². The van der Waals surface area contributed by atoms with Crippen LogP contribution in [0.5, 0.6) is 5.75 Å². The molecule has 8 rings (SSSR count). The Bertz CT molecular complexity index is 2710. The summed E-state index contributed by atoms with van der Waals surface area (Å²) in [6.45, 7) is 0. The normalized spacial score (nSPS) is 11.7. The van der Waals surface area contributed by atoms with Crippen molar-refractivity contribution in [2.75, 3.05) is 0 Å². The molecule has 60 heavy (non-hydrogen) atoms. The summed E-state index contributed by atoms with van der Waals surface area (Å²) < 4.78 is 66.4. The van der Waals surface area contributed by atoms with E-state index in [9.17, 15) is 21.6 Å². The van der Waals surface area contributed by atoms with E-state index in [-0.39, 0.29) is 0 Å². The molecule has 298 valence electrons. The van der Waals surface area contributed by atoms with Gasteiger partial charge in [0.05, 0.1) is 17.1 Å². The number of aryl methyl sites for hydroxylation is 4. The molecule has 0 saturated heterocycles. The molecule has 10 heteroatoms. The predicted molar refractivity (Wildman–Crippen MR) is 230 cm³/mol. The third kappa shape index (κ3) is 9.51. The number of aromatic nitrogens is 3. The summed E-state index contributed by atoms with van der Waals surface area (Å²) in [5.41, 5.74) is 7.90. The zero-order chi connectivity index (χ0) is 41.5. The molecule has 6 nitrogen and oxygen atoms in total. The van der Waals surface area contributed by atoms with Crippen molar-refractivity contribution in [3.05, 3.63) is 205 Å². The first-order chi connectivity index (χ1) is 29.1. The number of hydrogen-bond acceptors (Lipinski definition) is 6. The molecule has 3 aromatic heterocycles. The molecule has 0 amide bonds. The topological polar surface area (TPSA) is 82.0 Å². The Balaban J connectivity index is 1.06. The highest BCUT2D eigenvalue weighted by atomic mass is 32.2. The Morgan fingerprint density at radius 2 is 0.883 bits per heavy atom. The smallest absolute Gasteiger partial charge is 0.376 e. The van der Waals surface area contributed by atoms with Gasteiger partial charge in [0, 0.05) is 40.8 Å². The van der Waals surface area contributed by atoms with E-state index in [1.807, 2.05) is 73.1 Å². The zero-order valence-corrected chi connectivity index (χ0v) is 33.1. The second-order valence-corrected chi connectivity index (χ2v) is 15.9. The molecule has 0 aliphatic heterocycles. The maximum atomic E-state index is 13.0. The van der Waals surface area contributed by atoms with E-state index >= 15 is 0 Å². The highest BCUT2D eigenvalue weighted by Gasteiger charge is 2.48. The maximum absolute atomic E-state index is 13.0. The standard InChI is InChI=1S/C50H38F3N3O3S/c51-50(52,53)60(57,58)59-44-15-9-14-41(31-44)49-27-24-42(34-56-49)45-16-7-8-17-46(45)43-29-37(20-18-35-22-25-47(54-32-35)39-10-3-1-4-11-39)28-38(30-43)21-19-36-23-26-48(55-33-36)40-12-5-2-6-13-40/h1-17,22-34H,18-21H2. The molecule has 8 aromatic rings. The van der Waals surface area contributed by atoms with E-state index < -0.39 is 21.4 Å². The fraction of sp³-hybridized carbons (Fsp3) is 0.100. The van der Waals surface area contributed by atoms with Gasteiger partial charge in [-0.3, -0.25) is 15.0 Å². The SMILES string of the molecule is O=S(=O)(Oc1cccc(-c2ccc(-c3ccccc3-c3cc(CCc4ccc(-c5ccccc5)nc4)cc(CCc4ccc(-c5ccccc5)nc4)c3)cn2)c1)C(F)(F)F. The number of nitrogens with zero attached hydrogens (tertiary/aromatic N) is 3. The Labute approximate surface area is 347 Å². The minimum Gasteiger partial charge on any atom is -0.376 e. The molecule has 0 unspecified atom stereocenters. The van der Waals surface area contributed by atoms with Crippen molar-refractivity contribution in [1.29, 1.82) is 0 Å². The third-order valence-corrected chi connectivity index (χ3v) is 11.2. The lowest BCUT2D eigenvalue weighted by molar-refractivity contribution is -0.0500. The molecule has 0 radical (unpaired) electrons. The predicted octanol–water partition coefficient (Wildman–Crippen LogP) is 12.0. The monoisotopic (exact) mass is 817 g/mol. The lowest BCUT2D eigenvalue weighted by Crippen LogP contribution is -2.28. The van der Waals surface area contributed by atoms with Crippen LogP contribution >= 0.6 is 0 Å². The zero-order valence-electron chi connectivity index (χ0n) is 32.3. The van der Waals surface area contributed by atoms with E-state index in [1.54, 1.807) is 18.3 Å². The molecule has 0 saturated carbocycles. The van der Waals surface area contributed by atoms with Gasteiger partial charge in [-0.2, -0.15) is 21.6 Å². The molecule has 0 spiro atoms. The Morgan fingerprint density at radius 3 is 1.38 bits per heavy atom. The first-order valence-corrected chi connectivity index (χ1v) is 20.8. The summed E-state index contributed by atoms with van der Waals surface area (Å²) >= 11 is 0. The van der Waals surface area contributed by atoms with Crippen molar-refractivity contribution in [2.45, 2.75) is 31.2 Å². The second-order valence-electron chi connectivity index (χ2n) is 14.4. The van der Waals surface area contributed by atoms with Crippen LogP contribution in [0.2, 0.25) is 0 Å². The number of hydrogen-bond donors (Lipinski definition) is 0. The minimum atomic E-state index is -5.81. The van der Waals surface area contributed by atoms with E-state index in [1.165, 1.54) is 23.3 Å². The van der Waals surface area contributed by atoms with Gasteiger partial charge in [-0.25, -0.2) is 0 Å². The number of halogens is 3. The molecule has 0 aliphatic rings. The van der Waals surface area contributed by atoms with Crippen molar-refractivity contribution in [1.82, 2.24) is 15.0 Å². The van der Waals surface area contributed by atoms with E-state index in [2.05, 4.69) is 82.0 Å². The molecule has 0 fully saturated rings. The van der Waals surface area contributed by atoms with Gasteiger partial charge in [-0.15, -0.1) is 0 Å². The second kappa shape index (κ2) is 17.5. The van der Waals surface area contributed by atoms with Crippen LogP contribution in [0.3, 0.4) is 0 Å². The summed E-state index contributed by atoms with van der Waals surface area (Å²) in [5, 5.41) is 0. The van der Waals surface area contributed by atoms with Crippen LogP contribution in [-0.4, -0.2) is 28.9 Å². The molecular formula is C50H38F3N3O3S. The summed E-state index contributed by atoms with van der Waals surface area (Å²) in [5.74, 6) is -0.461. The summed E-state index contributed by atoms with van der Waals surface area (Å²) in [7, 11) is -5.81. The maximum Gasteiger partial charge on any atom is 0.534 e. The first-order valence-electron chi connectivity index (χ1n) is 19.4. The fourth-order valence-electron chi connectivity index (χ4n) is 7.08. The van der Waals surface area contributed by atoms with Gasteiger partial charge in [0.25, 0.3) is 0 Å². The quantitative estimate of drug-likeness (QED) is 0.0851. The lowest BCUT2D eigenvalue weighted by atomic mass is 9.90. The van der Waals surface area contributed by atoms with Gasteiger partial charge in [0.2, 0.25) is 0 Å². The molecule has 0 N–H and O–H groups in total. The fourth-order valence-corrected chi connectivity index (χ4v) is 7.53. The number of benzene rings is 5.